The second kappa shape index (κ2) is 4.86. The molecule has 0 aromatic carbocycles. The van der Waals surface area contributed by atoms with Crippen LogP contribution in [0.25, 0.3) is 5.65 Å². The van der Waals surface area contributed by atoms with Crippen LogP contribution in [0.1, 0.15) is 19.2 Å². The Kier molecular flexibility index (Phi) is 3.22. The molecule has 0 aliphatic carbocycles. The number of halogens is 1. The fraction of sp³-hybridized carbons (Fsp3) is 0.538. The average Bonchev–Trinajstić information content (AvgIpc) is 2.97. The second-order valence-electron chi connectivity index (χ2n) is 4.94. The van der Waals surface area contributed by atoms with Gasteiger partial charge in [0.05, 0.1) is 5.02 Å². The molecule has 2 aromatic rings. The molecule has 1 fully saturated rings. The molecule has 3 rings (SSSR count). The van der Waals surface area contributed by atoms with E-state index in [1.165, 1.54) is 19.5 Å². The largest absolute Gasteiger partial charge is 0.303 e. The first-order valence-corrected chi connectivity index (χ1v) is 6.85. The first kappa shape index (κ1) is 11.9. The molecule has 1 saturated heterocycles. The molecule has 1 atom stereocenters. The lowest BCUT2D eigenvalue weighted by molar-refractivity contribution is 0.340. The van der Waals surface area contributed by atoms with Gasteiger partial charge in [-0.3, -0.25) is 4.40 Å². The summed E-state index contributed by atoms with van der Waals surface area (Å²) in [6.07, 6.45) is 4.14. The third kappa shape index (κ3) is 2.22. The van der Waals surface area contributed by atoms with Crippen LogP contribution in [0.15, 0.2) is 18.3 Å². The van der Waals surface area contributed by atoms with Crippen LogP contribution in [0.3, 0.4) is 0 Å². The molecule has 2 aromatic heterocycles. The Bertz CT molecular complexity index is 551. The predicted molar refractivity (Wildman–Crippen MR) is 71.9 cm³/mol. The Morgan fingerprint density at radius 3 is 3.06 bits per heavy atom. The number of nitrogens with zero attached hydrogens (tertiary/aromatic N) is 4. The van der Waals surface area contributed by atoms with E-state index in [1.807, 2.05) is 22.7 Å². The van der Waals surface area contributed by atoms with Crippen LogP contribution in [0.4, 0.5) is 0 Å². The molecule has 1 aliphatic heterocycles. The van der Waals surface area contributed by atoms with Crippen molar-refractivity contribution in [1.29, 1.82) is 0 Å². The summed E-state index contributed by atoms with van der Waals surface area (Å²) in [5.41, 5.74) is 0.875. The summed E-state index contributed by atoms with van der Waals surface area (Å²) in [6.45, 7) is 5.74. The van der Waals surface area contributed by atoms with Gasteiger partial charge in [0.1, 0.15) is 5.82 Å². The second-order valence-corrected chi connectivity index (χ2v) is 5.38. The number of hydrogen-bond donors (Lipinski definition) is 0. The van der Waals surface area contributed by atoms with Crippen LogP contribution in [0, 0.1) is 5.92 Å². The zero-order valence-corrected chi connectivity index (χ0v) is 11.3. The maximum atomic E-state index is 6.03. The van der Waals surface area contributed by atoms with E-state index < -0.39 is 0 Å². The molecule has 0 radical (unpaired) electrons. The van der Waals surface area contributed by atoms with Gasteiger partial charge in [-0.1, -0.05) is 18.5 Å². The molecule has 1 aliphatic rings. The fourth-order valence-corrected chi connectivity index (χ4v) is 2.84. The Morgan fingerprint density at radius 1 is 1.39 bits per heavy atom. The van der Waals surface area contributed by atoms with Gasteiger partial charge in [0.25, 0.3) is 0 Å². The first-order valence-electron chi connectivity index (χ1n) is 6.48. The highest BCUT2D eigenvalue weighted by Gasteiger charge is 2.23. The molecule has 0 N–H and O–H groups in total. The Hall–Kier alpha value is -1.13. The van der Waals surface area contributed by atoms with Gasteiger partial charge in [-0.25, -0.2) is 0 Å². The third-order valence-corrected chi connectivity index (χ3v) is 3.95. The molecule has 4 nitrogen and oxygen atoms in total. The van der Waals surface area contributed by atoms with Crippen LogP contribution in [0.5, 0.6) is 0 Å². The minimum absolute atomic E-state index is 0.691. The Morgan fingerprint density at radius 2 is 2.28 bits per heavy atom. The highest BCUT2D eigenvalue weighted by molar-refractivity contribution is 6.30. The van der Waals surface area contributed by atoms with Gasteiger partial charge in [0, 0.05) is 19.2 Å². The molecule has 96 valence electrons. The van der Waals surface area contributed by atoms with Crippen molar-refractivity contribution < 1.29 is 0 Å². The van der Waals surface area contributed by atoms with Crippen LogP contribution >= 0.6 is 11.6 Å². The normalized spacial score (nSPS) is 20.9. The number of rotatable bonds is 3. The van der Waals surface area contributed by atoms with E-state index >= 15 is 0 Å². The SMILES string of the molecule is CCN1CCC(Cc2nnc3ccc(Cl)cn23)C1. The number of hydrogen-bond acceptors (Lipinski definition) is 3. The van der Waals surface area contributed by atoms with Gasteiger partial charge in [0.2, 0.25) is 0 Å². The molecular formula is C13H17ClN4. The summed E-state index contributed by atoms with van der Waals surface area (Å²) >= 11 is 6.03. The van der Waals surface area contributed by atoms with Gasteiger partial charge >= 0.3 is 0 Å². The third-order valence-electron chi connectivity index (χ3n) is 3.73. The van der Waals surface area contributed by atoms with Gasteiger partial charge in [-0.05, 0) is 37.6 Å². The van der Waals surface area contributed by atoms with E-state index in [2.05, 4.69) is 22.0 Å². The van der Waals surface area contributed by atoms with E-state index in [-0.39, 0.29) is 0 Å². The summed E-state index contributed by atoms with van der Waals surface area (Å²) in [5.74, 6) is 1.71. The summed E-state index contributed by atoms with van der Waals surface area (Å²) in [5, 5.41) is 9.20. The van der Waals surface area contributed by atoms with Crippen molar-refractivity contribution in [1.82, 2.24) is 19.5 Å². The zero-order valence-electron chi connectivity index (χ0n) is 10.5. The lowest BCUT2D eigenvalue weighted by Gasteiger charge is -2.12. The van der Waals surface area contributed by atoms with Crippen LogP contribution < -0.4 is 0 Å². The summed E-state index contributed by atoms with van der Waals surface area (Å²) < 4.78 is 2.01. The Labute approximate surface area is 112 Å². The average molecular weight is 265 g/mol. The molecule has 5 heteroatoms. The van der Waals surface area contributed by atoms with Gasteiger partial charge in [-0.15, -0.1) is 10.2 Å². The standard InChI is InChI=1S/C13H17ClN4/c1-2-17-6-5-10(8-17)7-13-16-15-12-4-3-11(14)9-18(12)13/h3-4,9-10H,2,5-8H2,1H3. The van der Waals surface area contributed by atoms with Crippen molar-refractivity contribution in [2.75, 3.05) is 19.6 Å². The van der Waals surface area contributed by atoms with Crippen molar-refractivity contribution in [3.63, 3.8) is 0 Å². The minimum Gasteiger partial charge on any atom is -0.303 e. The lowest BCUT2D eigenvalue weighted by atomic mass is 10.0. The molecule has 0 amide bonds. The van der Waals surface area contributed by atoms with Gasteiger partial charge in [0.15, 0.2) is 5.65 Å². The topological polar surface area (TPSA) is 33.4 Å². The van der Waals surface area contributed by atoms with E-state index in [0.717, 1.165) is 29.5 Å². The number of pyridine rings is 1. The predicted octanol–water partition coefficient (Wildman–Crippen LogP) is 2.27. The summed E-state index contributed by atoms with van der Waals surface area (Å²) in [6, 6.07) is 3.76. The molecule has 3 heterocycles. The number of likely N-dealkylation sites (tertiary alicyclic amines) is 1. The van der Waals surface area contributed by atoms with Crippen molar-refractivity contribution in [2.24, 2.45) is 5.92 Å². The molecular weight excluding hydrogens is 248 g/mol. The van der Waals surface area contributed by atoms with Crippen LogP contribution in [-0.2, 0) is 6.42 Å². The quantitative estimate of drug-likeness (QED) is 0.853. The highest BCUT2D eigenvalue weighted by atomic mass is 35.5. The van der Waals surface area contributed by atoms with E-state index in [1.54, 1.807) is 0 Å². The zero-order chi connectivity index (χ0) is 12.5. The number of fused-ring (bicyclic) bond motifs is 1. The van der Waals surface area contributed by atoms with E-state index in [9.17, 15) is 0 Å². The first-order chi connectivity index (χ1) is 8.76. The fourth-order valence-electron chi connectivity index (χ4n) is 2.68. The highest BCUT2D eigenvalue weighted by Crippen LogP contribution is 2.20. The molecule has 1 unspecified atom stereocenters. The molecule has 0 spiro atoms. The molecule has 18 heavy (non-hydrogen) atoms. The minimum atomic E-state index is 0.691. The number of aromatic nitrogens is 3. The maximum absolute atomic E-state index is 6.03. The van der Waals surface area contributed by atoms with Crippen molar-refractivity contribution in [2.45, 2.75) is 19.8 Å². The van der Waals surface area contributed by atoms with Crippen molar-refractivity contribution in [3.8, 4) is 0 Å². The smallest absolute Gasteiger partial charge is 0.160 e. The lowest BCUT2D eigenvalue weighted by Crippen LogP contribution is -2.20. The van der Waals surface area contributed by atoms with E-state index in [4.69, 9.17) is 11.6 Å². The van der Waals surface area contributed by atoms with E-state index in [0.29, 0.717) is 5.92 Å². The monoisotopic (exact) mass is 264 g/mol. The van der Waals surface area contributed by atoms with Crippen LogP contribution in [-0.4, -0.2) is 39.1 Å². The molecule has 0 bridgehead atoms. The van der Waals surface area contributed by atoms with Crippen molar-refractivity contribution in [3.05, 3.63) is 29.2 Å². The van der Waals surface area contributed by atoms with Gasteiger partial charge in [-0.2, -0.15) is 0 Å². The Balaban J connectivity index is 1.80. The maximum Gasteiger partial charge on any atom is 0.160 e. The summed E-state index contributed by atoms with van der Waals surface area (Å²) in [7, 11) is 0. The van der Waals surface area contributed by atoms with Gasteiger partial charge < -0.3 is 4.90 Å². The van der Waals surface area contributed by atoms with Crippen LogP contribution in [0.2, 0.25) is 5.02 Å². The summed E-state index contributed by atoms with van der Waals surface area (Å²) in [4.78, 5) is 2.49. The molecule has 0 saturated carbocycles. The van der Waals surface area contributed by atoms with Crippen molar-refractivity contribution >= 4 is 17.2 Å².